The minimum absolute atomic E-state index is 0.527. The summed E-state index contributed by atoms with van der Waals surface area (Å²) in [5.41, 5.74) is 4.51. The summed E-state index contributed by atoms with van der Waals surface area (Å²) in [4.78, 5) is 16.6. The Morgan fingerprint density at radius 3 is 2.58 bits per heavy atom. The number of hydrogen-bond donors (Lipinski definition) is 2. The van der Waals surface area contributed by atoms with Crippen LogP contribution >= 0.6 is 0 Å². The largest absolute Gasteiger partial charge is 0.494 e. The Morgan fingerprint density at radius 1 is 1.00 bits per heavy atom. The average molecular weight is 345 g/mol. The predicted octanol–water partition coefficient (Wildman–Crippen LogP) is 4.09. The van der Waals surface area contributed by atoms with Gasteiger partial charge < -0.3 is 15.0 Å². The number of nitrogens with one attached hydrogen (secondary N) is 2. The molecule has 2 aromatic heterocycles. The molecule has 4 rings (SSSR count). The summed E-state index contributed by atoms with van der Waals surface area (Å²) in [7, 11) is 0. The molecule has 2 heterocycles. The van der Waals surface area contributed by atoms with Gasteiger partial charge in [-0.25, -0.2) is 9.97 Å². The van der Waals surface area contributed by atoms with Gasteiger partial charge in [0.05, 0.1) is 18.6 Å². The van der Waals surface area contributed by atoms with E-state index < -0.39 is 0 Å². The fourth-order valence-electron chi connectivity index (χ4n) is 2.80. The van der Waals surface area contributed by atoms with E-state index in [9.17, 15) is 0 Å². The van der Waals surface area contributed by atoms with E-state index in [1.54, 1.807) is 6.33 Å². The van der Waals surface area contributed by atoms with Crippen molar-refractivity contribution < 1.29 is 4.74 Å². The molecule has 0 aliphatic heterocycles. The zero-order valence-corrected chi connectivity index (χ0v) is 14.4. The van der Waals surface area contributed by atoms with Gasteiger partial charge in [-0.3, -0.25) is 0 Å². The molecular formula is C20H19N5O. The van der Waals surface area contributed by atoms with Crippen LogP contribution in [0.5, 0.6) is 5.75 Å². The lowest BCUT2D eigenvalue weighted by atomic mass is 10.1. The SMILES string of the molecule is CCOc1ccc(Nc2nc(Cc3ccccc3)c3[nH]cnc3n2)cc1. The molecule has 0 aliphatic carbocycles. The molecule has 130 valence electrons. The third-order valence-electron chi connectivity index (χ3n) is 4.00. The van der Waals surface area contributed by atoms with E-state index >= 15 is 0 Å². The Hall–Kier alpha value is -3.41. The first kappa shape index (κ1) is 16.1. The summed E-state index contributed by atoms with van der Waals surface area (Å²) in [5.74, 6) is 1.37. The molecule has 2 N–H and O–H groups in total. The molecule has 0 aliphatic rings. The van der Waals surface area contributed by atoms with Gasteiger partial charge in [0.25, 0.3) is 0 Å². The molecule has 0 amide bonds. The standard InChI is InChI=1S/C20H19N5O/c1-2-26-16-10-8-15(9-11-16)23-20-24-17(12-14-6-4-3-5-7-14)18-19(25-20)22-13-21-18/h3-11,13H,2,12H2,1H3,(H2,21,22,23,24,25). The van der Waals surface area contributed by atoms with Crippen molar-refractivity contribution in [3.05, 3.63) is 72.2 Å². The zero-order chi connectivity index (χ0) is 17.8. The number of benzene rings is 2. The van der Waals surface area contributed by atoms with Crippen LogP contribution in [0.4, 0.5) is 11.6 Å². The number of rotatable bonds is 6. The number of ether oxygens (including phenoxy) is 1. The monoisotopic (exact) mass is 345 g/mol. The van der Waals surface area contributed by atoms with Crippen LogP contribution in [0.25, 0.3) is 11.2 Å². The average Bonchev–Trinajstić information content (AvgIpc) is 3.13. The van der Waals surface area contributed by atoms with Crippen molar-refractivity contribution in [1.29, 1.82) is 0 Å². The van der Waals surface area contributed by atoms with Gasteiger partial charge in [0, 0.05) is 12.1 Å². The first-order valence-electron chi connectivity index (χ1n) is 8.55. The number of anilines is 2. The van der Waals surface area contributed by atoms with Crippen LogP contribution in [-0.4, -0.2) is 26.5 Å². The van der Waals surface area contributed by atoms with Gasteiger partial charge in [0.2, 0.25) is 5.95 Å². The molecule has 0 fully saturated rings. The van der Waals surface area contributed by atoms with Crippen molar-refractivity contribution in [2.45, 2.75) is 13.3 Å². The van der Waals surface area contributed by atoms with Crippen LogP contribution in [0.15, 0.2) is 60.9 Å². The van der Waals surface area contributed by atoms with E-state index in [-0.39, 0.29) is 0 Å². The smallest absolute Gasteiger partial charge is 0.229 e. The Labute approximate surface area is 151 Å². The first-order valence-corrected chi connectivity index (χ1v) is 8.55. The van der Waals surface area contributed by atoms with Crippen molar-refractivity contribution in [2.75, 3.05) is 11.9 Å². The van der Waals surface area contributed by atoms with Gasteiger partial charge in [0.15, 0.2) is 5.65 Å². The summed E-state index contributed by atoms with van der Waals surface area (Å²) >= 11 is 0. The molecule has 0 spiro atoms. The third kappa shape index (κ3) is 3.49. The van der Waals surface area contributed by atoms with Crippen LogP contribution in [-0.2, 0) is 6.42 Å². The van der Waals surface area contributed by atoms with Crippen molar-refractivity contribution in [3.8, 4) is 5.75 Å². The van der Waals surface area contributed by atoms with Gasteiger partial charge in [-0.15, -0.1) is 0 Å². The Morgan fingerprint density at radius 2 is 1.81 bits per heavy atom. The second-order valence-electron chi connectivity index (χ2n) is 5.84. The Balaban J connectivity index is 1.63. The van der Waals surface area contributed by atoms with Crippen LogP contribution in [0, 0.1) is 0 Å². The summed E-state index contributed by atoms with van der Waals surface area (Å²) in [6, 6.07) is 18.0. The van der Waals surface area contributed by atoms with Gasteiger partial charge in [-0.2, -0.15) is 4.98 Å². The molecule has 0 atom stereocenters. The zero-order valence-electron chi connectivity index (χ0n) is 14.4. The fraction of sp³-hybridized carbons (Fsp3) is 0.150. The summed E-state index contributed by atoms with van der Waals surface area (Å²) < 4.78 is 5.47. The molecule has 0 radical (unpaired) electrons. The minimum atomic E-state index is 0.527. The van der Waals surface area contributed by atoms with Gasteiger partial charge in [0.1, 0.15) is 11.3 Å². The fourth-order valence-corrected chi connectivity index (χ4v) is 2.80. The van der Waals surface area contributed by atoms with Gasteiger partial charge >= 0.3 is 0 Å². The van der Waals surface area contributed by atoms with E-state index in [0.717, 1.165) is 22.6 Å². The van der Waals surface area contributed by atoms with Crippen LogP contribution in [0.3, 0.4) is 0 Å². The number of H-pyrrole nitrogens is 1. The maximum atomic E-state index is 5.47. The molecule has 6 heteroatoms. The first-order chi connectivity index (χ1) is 12.8. The summed E-state index contributed by atoms with van der Waals surface area (Å²) in [6.45, 7) is 2.61. The second kappa shape index (κ2) is 7.23. The maximum absolute atomic E-state index is 5.47. The lowest BCUT2D eigenvalue weighted by Crippen LogP contribution is -2.02. The van der Waals surface area contributed by atoms with E-state index in [0.29, 0.717) is 24.6 Å². The van der Waals surface area contributed by atoms with E-state index in [4.69, 9.17) is 9.72 Å². The second-order valence-corrected chi connectivity index (χ2v) is 5.84. The topological polar surface area (TPSA) is 75.7 Å². The Bertz CT molecular complexity index is 996. The van der Waals surface area contributed by atoms with Gasteiger partial charge in [-0.05, 0) is 36.8 Å². The predicted molar refractivity (Wildman–Crippen MR) is 102 cm³/mol. The van der Waals surface area contributed by atoms with Crippen LogP contribution in [0.1, 0.15) is 18.2 Å². The van der Waals surface area contributed by atoms with Crippen LogP contribution in [0.2, 0.25) is 0 Å². The summed E-state index contributed by atoms with van der Waals surface area (Å²) in [5, 5.41) is 3.25. The van der Waals surface area contributed by atoms with Crippen molar-refractivity contribution in [2.24, 2.45) is 0 Å². The van der Waals surface area contributed by atoms with Gasteiger partial charge in [-0.1, -0.05) is 30.3 Å². The molecule has 0 unspecified atom stereocenters. The third-order valence-corrected chi connectivity index (χ3v) is 4.00. The normalized spacial score (nSPS) is 10.8. The number of fused-ring (bicyclic) bond motifs is 1. The highest BCUT2D eigenvalue weighted by Gasteiger charge is 2.11. The number of aromatic nitrogens is 4. The molecular weight excluding hydrogens is 326 g/mol. The molecule has 4 aromatic rings. The molecule has 6 nitrogen and oxygen atoms in total. The van der Waals surface area contributed by atoms with E-state index in [1.165, 1.54) is 5.56 Å². The highest BCUT2D eigenvalue weighted by atomic mass is 16.5. The summed E-state index contributed by atoms with van der Waals surface area (Å²) in [6.07, 6.45) is 2.36. The lowest BCUT2D eigenvalue weighted by Gasteiger charge is -2.09. The highest BCUT2D eigenvalue weighted by molar-refractivity contribution is 5.75. The van der Waals surface area contributed by atoms with Crippen molar-refractivity contribution in [3.63, 3.8) is 0 Å². The minimum Gasteiger partial charge on any atom is -0.494 e. The quantitative estimate of drug-likeness (QED) is 0.550. The molecule has 2 aromatic carbocycles. The number of hydrogen-bond acceptors (Lipinski definition) is 5. The van der Waals surface area contributed by atoms with Crippen molar-refractivity contribution in [1.82, 2.24) is 19.9 Å². The highest BCUT2D eigenvalue weighted by Crippen LogP contribution is 2.21. The molecule has 0 saturated carbocycles. The molecule has 26 heavy (non-hydrogen) atoms. The maximum Gasteiger partial charge on any atom is 0.229 e. The number of aromatic amines is 1. The number of nitrogens with zero attached hydrogens (tertiary/aromatic N) is 3. The Kier molecular flexibility index (Phi) is 4.47. The van der Waals surface area contributed by atoms with Crippen LogP contribution < -0.4 is 10.1 Å². The lowest BCUT2D eigenvalue weighted by molar-refractivity contribution is 0.340. The van der Waals surface area contributed by atoms with E-state index in [2.05, 4.69) is 32.4 Å². The molecule has 0 saturated heterocycles. The number of imidazole rings is 1. The molecule has 0 bridgehead atoms. The van der Waals surface area contributed by atoms with E-state index in [1.807, 2.05) is 49.4 Å². The van der Waals surface area contributed by atoms with Crippen molar-refractivity contribution >= 4 is 22.8 Å².